The van der Waals surface area contributed by atoms with Crippen LogP contribution in [0.5, 0.6) is 5.75 Å². The summed E-state index contributed by atoms with van der Waals surface area (Å²) in [6.07, 6.45) is 3.03. The maximum Gasteiger partial charge on any atom is 0.270 e. The highest BCUT2D eigenvalue weighted by Gasteiger charge is 2.12. The average molecular weight is 298 g/mol. The van der Waals surface area contributed by atoms with Crippen LogP contribution < -0.4 is 10.1 Å². The van der Waals surface area contributed by atoms with Crippen LogP contribution in [-0.2, 0) is 6.54 Å². The fourth-order valence-electron chi connectivity index (χ4n) is 1.66. The lowest BCUT2D eigenvalue weighted by atomic mass is 10.1. The van der Waals surface area contributed by atoms with E-state index in [1.165, 1.54) is 6.07 Å². The van der Waals surface area contributed by atoms with Crippen molar-refractivity contribution in [1.29, 1.82) is 0 Å². The van der Waals surface area contributed by atoms with E-state index in [4.69, 9.17) is 4.74 Å². The first kappa shape index (κ1) is 16.8. The van der Waals surface area contributed by atoms with Gasteiger partial charge in [-0.15, -0.1) is 0 Å². The zero-order valence-electron chi connectivity index (χ0n) is 12.2. The first-order valence-electron chi connectivity index (χ1n) is 6.67. The highest BCUT2D eigenvalue weighted by Crippen LogP contribution is 2.24. The second-order valence-corrected chi connectivity index (χ2v) is 5.77. The highest BCUT2D eigenvalue weighted by molar-refractivity contribution is 7.98. The minimum Gasteiger partial charge on any atom is -0.493 e. The molecule has 0 radical (unpaired) electrons. The van der Waals surface area contributed by atoms with Crippen molar-refractivity contribution in [2.75, 3.05) is 18.6 Å². The third-order valence-electron chi connectivity index (χ3n) is 2.71. The Morgan fingerprint density at radius 2 is 2.20 bits per heavy atom. The molecule has 0 amide bonds. The minimum atomic E-state index is -0.379. The molecule has 0 atom stereocenters. The lowest BCUT2D eigenvalue weighted by Crippen LogP contribution is -2.22. The second-order valence-electron chi connectivity index (χ2n) is 4.78. The summed E-state index contributed by atoms with van der Waals surface area (Å²) in [7, 11) is 0. The average Bonchev–Trinajstić information content (AvgIpc) is 2.41. The van der Waals surface area contributed by atoms with Gasteiger partial charge in [0.15, 0.2) is 0 Å². The summed E-state index contributed by atoms with van der Waals surface area (Å²) in [4.78, 5) is 10.5. The molecule has 0 aliphatic rings. The van der Waals surface area contributed by atoms with Crippen molar-refractivity contribution >= 4 is 17.4 Å². The highest BCUT2D eigenvalue weighted by atomic mass is 32.2. The molecule has 1 aromatic carbocycles. The summed E-state index contributed by atoms with van der Waals surface area (Å²) < 4.78 is 5.73. The van der Waals surface area contributed by atoms with Crippen molar-refractivity contribution in [3.05, 3.63) is 33.9 Å². The summed E-state index contributed by atoms with van der Waals surface area (Å²) in [6.45, 7) is 5.28. The molecule has 0 spiro atoms. The molecule has 0 unspecified atom stereocenters. The molecule has 0 aromatic heterocycles. The van der Waals surface area contributed by atoms with Crippen LogP contribution in [0.1, 0.15) is 25.8 Å². The normalized spacial score (nSPS) is 10.8. The molecule has 0 bridgehead atoms. The maximum absolute atomic E-state index is 10.8. The van der Waals surface area contributed by atoms with E-state index in [1.54, 1.807) is 23.9 Å². The van der Waals surface area contributed by atoms with Gasteiger partial charge in [-0.1, -0.05) is 13.8 Å². The number of nitrogens with one attached hydrogen (secondary N) is 1. The molecule has 5 nitrogen and oxygen atoms in total. The standard InChI is InChI=1S/C14H22N2O3S/c1-11(2)15-10-12-9-13(16(17)18)5-6-14(12)19-7-4-8-20-3/h5-6,9,11,15H,4,7-8,10H2,1-3H3. The maximum atomic E-state index is 10.8. The van der Waals surface area contributed by atoms with Gasteiger partial charge in [0.25, 0.3) is 5.69 Å². The molecule has 1 rings (SSSR count). The number of hydrogen-bond acceptors (Lipinski definition) is 5. The van der Waals surface area contributed by atoms with Crippen LogP contribution in [0.4, 0.5) is 5.69 Å². The Balaban J connectivity index is 2.76. The van der Waals surface area contributed by atoms with E-state index >= 15 is 0 Å². The van der Waals surface area contributed by atoms with E-state index in [0.29, 0.717) is 19.2 Å². The number of non-ortho nitro benzene ring substituents is 1. The third kappa shape index (κ3) is 5.79. The monoisotopic (exact) mass is 298 g/mol. The fourth-order valence-corrected chi connectivity index (χ4v) is 2.06. The Labute approximate surface area is 124 Å². The summed E-state index contributed by atoms with van der Waals surface area (Å²) in [5, 5.41) is 14.1. The van der Waals surface area contributed by atoms with E-state index in [1.807, 2.05) is 13.8 Å². The Kier molecular flexibility index (Phi) is 7.40. The van der Waals surface area contributed by atoms with Gasteiger partial charge in [-0.05, 0) is 24.5 Å². The molecule has 112 valence electrons. The van der Waals surface area contributed by atoms with Gasteiger partial charge in [-0.2, -0.15) is 11.8 Å². The van der Waals surface area contributed by atoms with Gasteiger partial charge in [0, 0.05) is 30.3 Å². The summed E-state index contributed by atoms with van der Waals surface area (Å²) in [5.74, 6) is 1.77. The van der Waals surface area contributed by atoms with Crippen molar-refractivity contribution in [3.63, 3.8) is 0 Å². The topological polar surface area (TPSA) is 64.4 Å². The molecule has 0 fully saturated rings. The van der Waals surface area contributed by atoms with Crippen LogP contribution in [0, 0.1) is 10.1 Å². The predicted molar refractivity (Wildman–Crippen MR) is 83.6 cm³/mol. The van der Waals surface area contributed by atoms with Crippen LogP contribution in [0.25, 0.3) is 0 Å². The lowest BCUT2D eigenvalue weighted by Gasteiger charge is -2.13. The zero-order chi connectivity index (χ0) is 15.0. The van der Waals surface area contributed by atoms with E-state index < -0.39 is 0 Å². The number of nitrogens with zero attached hydrogens (tertiary/aromatic N) is 1. The number of hydrogen-bond donors (Lipinski definition) is 1. The molecular weight excluding hydrogens is 276 g/mol. The molecule has 0 saturated heterocycles. The quantitative estimate of drug-likeness (QED) is 0.431. The van der Waals surface area contributed by atoms with Crippen LogP contribution in [0.15, 0.2) is 18.2 Å². The molecule has 20 heavy (non-hydrogen) atoms. The Morgan fingerprint density at radius 3 is 2.80 bits per heavy atom. The summed E-state index contributed by atoms with van der Waals surface area (Å²) >= 11 is 1.78. The van der Waals surface area contributed by atoms with Gasteiger partial charge in [0.05, 0.1) is 11.5 Å². The van der Waals surface area contributed by atoms with Gasteiger partial charge >= 0.3 is 0 Å². The Morgan fingerprint density at radius 1 is 1.45 bits per heavy atom. The van der Waals surface area contributed by atoms with E-state index in [2.05, 4.69) is 11.6 Å². The Bertz CT molecular complexity index is 438. The molecule has 0 saturated carbocycles. The predicted octanol–water partition coefficient (Wildman–Crippen LogP) is 3.22. The molecular formula is C14H22N2O3S. The van der Waals surface area contributed by atoms with Gasteiger partial charge in [0.1, 0.15) is 5.75 Å². The van der Waals surface area contributed by atoms with E-state index in [0.717, 1.165) is 23.5 Å². The van der Waals surface area contributed by atoms with Crippen molar-refractivity contribution in [2.45, 2.75) is 32.9 Å². The zero-order valence-corrected chi connectivity index (χ0v) is 13.0. The lowest BCUT2D eigenvalue weighted by molar-refractivity contribution is -0.384. The van der Waals surface area contributed by atoms with Gasteiger partial charge in [0.2, 0.25) is 0 Å². The molecule has 1 aromatic rings. The van der Waals surface area contributed by atoms with Crippen LogP contribution in [0.3, 0.4) is 0 Å². The number of thioether (sulfide) groups is 1. The number of nitro benzene ring substituents is 1. The third-order valence-corrected chi connectivity index (χ3v) is 3.40. The SMILES string of the molecule is CSCCCOc1ccc([N+](=O)[O-])cc1CNC(C)C. The molecule has 0 aliphatic carbocycles. The summed E-state index contributed by atoms with van der Waals surface area (Å²) in [6, 6.07) is 5.08. The smallest absolute Gasteiger partial charge is 0.270 e. The molecule has 6 heteroatoms. The van der Waals surface area contributed by atoms with Crippen molar-refractivity contribution in [3.8, 4) is 5.75 Å². The van der Waals surface area contributed by atoms with Crippen molar-refractivity contribution < 1.29 is 9.66 Å². The molecule has 0 aliphatic heterocycles. The largest absolute Gasteiger partial charge is 0.493 e. The summed E-state index contributed by atoms with van der Waals surface area (Å²) in [5.41, 5.74) is 0.930. The number of rotatable bonds is 9. The van der Waals surface area contributed by atoms with Crippen LogP contribution in [-0.4, -0.2) is 29.6 Å². The van der Waals surface area contributed by atoms with Gasteiger partial charge in [-0.25, -0.2) is 0 Å². The van der Waals surface area contributed by atoms with Crippen molar-refractivity contribution in [2.24, 2.45) is 0 Å². The first-order chi connectivity index (χ1) is 9.54. The number of benzene rings is 1. The number of nitro groups is 1. The van der Waals surface area contributed by atoms with Crippen LogP contribution in [0.2, 0.25) is 0 Å². The molecule has 0 heterocycles. The fraction of sp³-hybridized carbons (Fsp3) is 0.571. The van der Waals surface area contributed by atoms with Crippen LogP contribution >= 0.6 is 11.8 Å². The first-order valence-corrected chi connectivity index (χ1v) is 8.06. The number of ether oxygens (including phenoxy) is 1. The minimum absolute atomic E-state index is 0.0991. The molecule has 1 N–H and O–H groups in total. The van der Waals surface area contributed by atoms with E-state index in [9.17, 15) is 10.1 Å². The van der Waals surface area contributed by atoms with E-state index in [-0.39, 0.29) is 10.6 Å². The second kappa shape index (κ2) is 8.81. The van der Waals surface area contributed by atoms with Crippen molar-refractivity contribution in [1.82, 2.24) is 5.32 Å². The van der Waals surface area contributed by atoms with Gasteiger partial charge < -0.3 is 10.1 Å². The van der Waals surface area contributed by atoms with Gasteiger partial charge in [-0.3, -0.25) is 10.1 Å². The Hall–Kier alpha value is -1.27.